The lowest BCUT2D eigenvalue weighted by molar-refractivity contribution is -0.133. The molecule has 2 amide bonds. The van der Waals surface area contributed by atoms with Crippen molar-refractivity contribution in [3.05, 3.63) is 34.1 Å². The number of amides is 2. The molecule has 1 aliphatic carbocycles. The maximum atomic E-state index is 12.7. The molecule has 9 heteroatoms. The van der Waals surface area contributed by atoms with Gasteiger partial charge in [0.15, 0.2) is 5.82 Å². The fourth-order valence-corrected chi connectivity index (χ4v) is 5.52. The van der Waals surface area contributed by atoms with E-state index >= 15 is 0 Å². The van der Waals surface area contributed by atoms with Crippen LogP contribution in [0.2, 0.25) is 0 Å². The highest BCUT2D eigenvalue weighted by molar-refractivity contribution is 7.09. The lowest BCUT2D eigenvalue weighted by atomic mass is 9.89. The molecule has 0 bridgehead atoms. The van der Waals surface area contributed by atoms with Crippen LogP contribution >= 0.6 is 11.3 Å². The Labute approximate surface area is 193 Å². The molecule has 0 aromatic carbocycles. The van der Waals surface area contributed by atoms with E-state index in [2.05, 4.69) is 37.9 Å². The van der Waals surface area contributed by atoms with Crippen molar-refractivity contribution < 1.29 is 14.1 Å². The molecule has 1 aliphatic heterocycles. The van der Waals surface area contributed by atoms with E-state index in [4.69, 9.17) is 4.52 Å². The maximum Gasteiger partial charge on any atom is 0.227 e. The lowest BCUT2D eigenvalue weighted by Crippen LogP contribution is -2.48. The molecular formula is C23H33N5O3S. The summed E-state index contributed by atoms with van der Waals surface area (Å²) in [6.45, 7) is 5.80. The topological polar surface area (TPSA) is 91.6 Å². The largest absolute Gasteiger partial charge is 0.343 e. The van der Waals surface area contributed by atoms with Gasteiger partial charge in [0.2, 0.25) is 17.7 Å². The van der Waals surface area contributed by atoms with Gasteiger partial charge in [-0.05, 0) is 24.3 Å². The van der Waals surface area contributed by atoms with Crippen molar-refractivity contribution in [2.45, 2.75) is 70.4 Å². The van der Waals surface area contributed by atoms with E-state index in [1.807, 2.05) is 4.90 Å². The van der Waals surface area contributed by atoms with Crippen molar-refractivity contribution in [2.24, 2.45) is 0 Å². The van der Waals surface area contributed by atoms with Gasteiger partial charge in [-0.15, -0.1) is 11.3 Å². The predicted molar refractivity (Wildman–Crippen MR) is 122 cm³/mol. The number of carbonyl (C=O) groups excluding carboxylic acids is 2. The number of rotatable bonds is 7. The molecule has 0 radical (unpaired) electrons. The number of thiophene rings is 1. The minimum atomic E-state index is -0.549. The molecule has 2 aromatic heterocycles. The van der Waals surface area contributed by atoms with Crippen LogP contribution in [-0.4, -0.2) is 57.9 Å². The predicted octanol–water partition coefficient (Wildman–Crippen LogP) is 3.09. The third-order valence-electron chi connectivity index (χ3n) is 6.51. The molecule has 0 atom stereocenters. The normalized spacial score (nSPS) is 19.5. The van der Waals surface area contributed by atoms with E-state index in [0.29, 0.717) is 24.6 Å². The van der Waals surface area contributed by atoms with Crippen LogP contribution in [0.3, 0.4) is 0 Å². The summed E-state index contributed by atoms with van der Waals surface area (Å²) >= 11 is 1.78. The summed E-state index contributed by atoms with van der Waals surface area (Å²) in [5.41, 5.74) is -0.549. The molecular weight excluding hydrogens is 426 g/mol. The Balaban J connectivity index is 1.29. The zero-order valence-electron chi connectivity index (χ0n) is 18.8. The molecule has 2 aromatic rings. The van der Waals surface area contributed by atoms with Crippen LogP contribution in [0, 0.1) is 0 Å². The molecule has 8 nitrogen and oxygen atoms in total. The van der Waals surface area contributed by atoms with Crippen LogP contribution in [0.15, 0.2) is 22.0 Å². The summed E-state index contributed by atoms with van der Waals surface area (Å²) in [5.74, 6) is 1.08. The average molecular weight is 460 g/mol. The number of nitrogens with one attached hydrogen (secondary N) is 1. The first-order chi connectivity index (χ1) is 15.5. The van der Waals surface area contributed by atoms with Crippen LogP contribution in [0.1, 0.15) is 68.5 Å². The van der Waals surface area contributed by atoms with Crippen LogP contribution in [0.5, 0.6) is 0 Å². The van der Waals surface area contributed by atoms with Crippen LogP contribution in [0.25, 0.3) is 0 Å². The van der Waals surface area contributed by atoms with Crippen molar-refractivity contribution in [1.82, 2.24) is 25.3 Å². The summed E-state index contributed by atoms with van der Waals surface area (Å²) in [6, 6.07) is 4.24. The van der Waals surface area contributed by atoms with Crippen molar-refractivity contribution in [1.29, 1.82) is 0 Å². The molecule has 32 heavy (non-hydrogen) atoms. The number of aromatic nitrogens is 2. The standard InChI is InChI=1S/C23H33N5O3S/c1-18(29)25-23(10-4-2-3-5-11-23)22-24-20(31-26-22)8-9-21(30)28-14-12-27(13-15-28)17-19-7-6-16-32-19/h6-7,16H,2-5,8-15,17H2,1H3,(H,25,29). The van der Waals surface area contributed by atoms with Gasteiger partial charge in [0.1, 0.15) is 5.54 Å². The summed E-state index contributed by atoms with van der Waals surface area (Å²) in [4.78, 5) is 34.9. The number of carbonyl (C=O) groups is 2. The Morgan fingerprint density at radius 2 is 1.91 bits per heavy atom. The lowest BCUT2D eigenvalue weighted by Gasteiger charge is -2.34. The Morgan fingerprint density at radius 3 is 2.56 bits per heavy atom. The van der Waals surface area contributed by atoms with Crippen LogP contribution in [0.4, 0.5) is 0 Å². The van der Waals surface area contributed by atoms with E-state index in [1.54, 1.807) is 11.3 Å². The molecule has 0 unspecified atom stereocenters. The molecule has 2 fully saturated rings. The van der Waals surface area contributed by atoms with E-state index < -0.39 is 5.54 Å². The molecule has 1 saturated heterocycles. The SMILES string of the molecule is CC(=O)NC1(c2noc(CCC(=O)N3CCN(Cc4cccs4)CC3)n2)CCCCCC1. The van der Waals surface area contributed by atoms with Crippen molar-refractivity contribution in [2.75, 3.05) is 26.2 Å². The maximum absolute atomic E-state index is 12.7. The third kappa shape index (κ3) is 5.75. The second kappa shape index (κ2) is 10.6. The van der Waals surface area contributed by atoms with Crippen LogP contribution in [-0.2, 0) is 28.1 Å². The molecule has 4 rings (SSSR count). The Bertz CT molecular complexity index is 881. The summed E-state index contributed by atoms with van der Waals surface area (Å²) < 4.78 is 5.49. The van der Waals surface area contributed by atoms with Gasteiger partial charge in [-0.25, -0.2) is 0 Å². The second-order valence-corrected chi connectivity index (χ2v) is 9.96. The Morgan fingerprint density at radius 1 is 1.16 bits per heavy atom. The van der Waals surface area contributed by atoms with Crippen molar-refractivity contribution in [3.63, 3.8) is 0 Å². The number of piperazine rings is 1. The summed E-state index contributed by atoms with van der Waals surface area (Å²) in [7, 11) is 0. The second-order valence-electron chi connectivity index (χ2n) is 8.93. The van der Waals surface area contributed by atoms with Gasteiger partial charge in [0.05, 0.1) is 0 Å². The Hall–Kier alpha value is -2.26. The van der Waals surface area contributed by atoms with E-state index in [-0.39, 0.29) is 11.8 Å². The van der Waals surface area contributed by atoms with E-state index in [0.717, 1.165) is 71.2 Å². The number of hydrogen-bond donors (Lipinski definition) is 1. The van der Waals surface area contributed by atoms with Gasteiger partial charge >= 0.3 is 0 Å². The average Bonchev–Trinajstić information content (AvgIpc) is 3.42. The third-order valence-corrected chi connectivity index (χ3v) is 7.37. The smallest absolute Gasteiger partial charge is 0.227 e. The quantitative estimate of drug-likeness (QED) is 0.640. The molecule has 2 aliphatic rings. The zero-order chi connectivity index (χ0) is 22.4. The minimum Gasteiger partial charge on any atom is -0.343 e. The summed E-state index contributed by atoms with van der Waals surface area (Å²) in [5, 5.41) is 9.41. The van der Waals surface area contributed by atoms with Gasteiger partial charge < -0.3 is 14.7 Å². The first-order valence-electron chi connectivity index (χ1n) is 11.7. The number of hydrogen-bond acceptors (Lipinski definition) is 7. The highest BCUT2D eigenvalue weighted by Gasteiger charge is 2.38. The highest BCUT2D eigenvalue weighted by atomic mass is 32.1. The zero-order valence-corrected chi connectivity index (χ0v) is 19.7. The van der Waals surface area contributed by atoms with Crippen LogP contribution < -0.4 is 5.32 Å². The number of nitrogens with zero attached hydrogens (tertiary/aromatic N) is 4. The van der Waals surface area contributed by atoms with Crippen molar-refractivity contribution in [3.8, 4) is 0 Å². The molecule has 1 saturated carbocycles. The molecule has 174 valence electrons. The molecule has 0 spiro atoms. The van der Waals surface area contributed by atoms with Gasteiger partial charge in [0.25, 0.3) is 0 Å². The van der Waals surface area contributed by atoms with E-state index in [9.17, 15) is 9.59 Å². The monoisotopic (exact) mass is 459 g/mol. The first kappa shape index (κ1) is 22.9. The molecule has 3 heterocycles. The van der Waals surface area contributed by atoms with E-state index in [1.165, 1.54) is 11.8 Å². The molecule has 1 N–H and O–H groups in total. The summed E-state index contributed by atoms with van der Waals surface area (Å²) in [6.07, 6.45) is 6.79. The van der Waals surface area contributed by atoms with Crippen molar-refractivity contribution >= 4 is 23.2 Å². The Kier molecular flexibility index (Phi) is 7.57. The van der Waals surface area contributed by atoms with Gasteiger partial charge in [0, 0.05) is 57.4 Å². The van der Waals surface area contributed by atoms with Gasteiger partial charge in [-0.1, -0.05) is 36.9 Å². The number of aryl methyl sites for hydroxylation is 1. The minimum absolute atomic E-state index is 0.0772. The first-order valence-corrected chi connectivity index (χ1v) is 12.6. The van der Waals surface area contributed by atoms with Gasteiger partial charge in [-0.3, -0.25) is 14.5 Å². The fraction of sp³-hybridized carbons (Fsp3) is 0.652. The van der Waals surface area contributed by atoms with Gasteiger partial charge in [-0.2, -0.15) is 4.98 Å². The highest BCUT2D eigenvalue weighted by Crippen LogP contribution is 2.34. The fourth-order valence-electron chi connectivity index (χ4n) is 4.77.